The lowest BCUT2D eigenvalue weighted by molar-refractivity contribution is 0.628. The van der Waals surface area contributed by atoms with E-state index in [1.54, 1.807) is 12.1 Å². The van der Waals surface area contributed by atoms with E-state index in [0.717, 1.165) is 13.1 Å². The molecule has 2 aromatic rings. The minimum atomic E-state index is -1.91. The zero-order valence-electron chi connectivity index (χ0n) is 13.4. The third-order valence-corrected chi connectivity index (χ3v) is 7.76. The smallest absolute Gasteiger partial charge is 0.123 e. The van der Waals surface area contributed by atoms with Gasteiger partial charge in [0, 0.05) is 18.8 Å². The van der Waals surface area contributed by atoms with Crippen molar-refractivity contribution in [3.8, 4) is 0 Å². The maximum Gasteiger partial charge on any atom is 0.123 e. The van der Waals surface area contributed by atoms with Crippen molar-refractivity contribution in [2.45, 2.75) is 26.9 Å². The van der Waals surface area contributed by atoms with Crippen LogP contribution in [0.25, 0.3) is 0 Å². The molecule has 0 fully saturated rings. The summed E-state index contributed by atoms with van der Waals surface area (Å²) < 4.78 is 13.9. The second kappa shape index (κ2) is 6.44. The zero-order valence-corrected chi connectivity index (χ0v) is 14.4. The van der Waals surface area contributed by atoms with Crippen LogP contribution in [0.2, 0.25) is 13.1 Å². The first-order valence-corrected chi connectivity index (χ1v) is 10.6. The largest absolute Gasteiger partial charge is 0.372 e. The van der Waals surface area contributed by atoms with Gasteiger partial charge in [0.15, 0.2) is 0 Å². The van der Waals surface area contributed by atoms with Gasteiger partial charge in [0.1, 0.15) is 13.9 Å². The Kier molecular flexibility index (Phi) is 4.83. The molecule has 0 saturated heterocycles. The van der Waals surface area contributed by atoms with Gasteiger partial charge in [-0.05, 0) is 37.2 Å². The van der Waals surface area contributed by atoms with Crippen molar-refractivity contribution in [1.82, 2.24) is 0 Å². The molecule has 0 N–H and O–H groups in total. The van der Waals surface area contributed by atoms with Gasteiger partial charge in [0.2, 0.25) is 0 Å². The fourth-order valence-electron chi connectivity index (χ4n) is 2.86. The van der Waals surface area contributed by atoms with E-state index in [-0.39, 0.29) is 5.82 Å². The number of hydrogen-bond acceptors (Lipinski definition) is 1. The van der Waals surface area contributed by atoms with Crippen molar-refractivity contribution in [2.24, 2.45) is 0 Å². The Morgan fingerprint density at radius 1 is 0.952 bits per heavy atom. The first-order valence-electron chi connectivity index (χ1n) is 7.61. The van der Waals surface area contributed by atoms with Gasteiger partial charge in [0.25, 0.3) is 0 Å². The van der Waals surface area contributed by atoms with Crippen LogP contribution in [0.1, 0.15) is 13.8 Å². The van der Waals surface area contributed by atoms with E-state index in [4.69, 9.17) is 0 Å². The van der Waals surface area contributed by atoms with Gasteiger partial charge in [-0.25, -0.2) is 4.39 Å². The number of rotatable bonds is 5. The number of nitrogens with zero attached hydrogens (tertiary/aromatic N) is 1. The summed E-state index contributed by atoms with van der Waals surface area (Å²) in [4.78, 5) is 2.31. The Morgan fingerprint density at radius 2 is 1.57 bits per heavy atom. The van der Waals surface area contributed by atoms with Crippen LogP contribution in [0, 0.1) is 5.82 Å². The monoisotopic (exact) mass is 301 g/mol. The molecule has 0 aliphatic rings. The first-order chi connectivity index (χ1) is 10.0. The summed E-state index contributed by atoms with van der Waals surface area (Å²) in [5, 5.41) is 2.52. The first kappa shape index (κ1) is 15.8. The van der Waals surface area contributed by atoms with Gasteiger partial charge in [-0.15, -0.1) is 0 Å². The molecule has 1 nitrogen and oxygen atoms in total. The maximum atomic E-state index is 13.9. The average molecular weight is 301 g/mol. The summed E-state index contributed by atoms with van der Waals surface area (Å²) in [5.74, 6) is -0.141. The maximum absolute atomic E-state index is 13.9. The predicted octanol–water partition coefficient (Wildman–Crippen LogP) is 3.49. The van der Waals surface area contributed by atoms with Crippen LogP contribution in [0.5, 0.6) is 0 Å². The molecule has 0 heterocycles. The third kappa shape index (κ3) is 3.18. The second-order valence-electron chi connectivity index (χ2n) is 5.82. The molecule has 21 heavy (non-hydrogen) atoms. The minimum absolute atomic E-state index is 0.141. The molecule has 112 valence electrons. The molecule has 0 amide bonds. The molecule has 0 aliphatic carbocycles. The van der Waals surface area contributed by atoms with Crippen molar-refractivity contribution < 1.29 is 4.39 Å². The van der Waals surface area contributed by atoms with Gasteiger partial charge in [0.05, 0.1) is 0 Å². The normalized spacial score (nSPS) is 11.5. The third-order valence-electron chi connectivity index (χ3n) is 4.23. The van der Waals surface area contributed by atoms with Crippen LogP contribution in [-0.2, 0) is 0 Å². The highest BCUT2D eigenvalue weighted by atomic mass is 28.3. The number of benzene rings is 2. The fraction of sp³-hybridized carbons (Fsp3) is 0.333. The van der Waals surface area contributed by atoms with E-state index in [9.17, 15) is 4.39 Å². The second-order valence-corrected chi connectivity index (χ2v) is 10.2. The van der Waals surface area contributed by atoms with E-state index >= 15 is 0 Å². The van der Waals surface area contributed by atoms with E-state index in [1.807, 2.05) is 12.1 Å². The molecule has 0 bridgehead atoms. The molecule has 0 saturated carbocycles. The highest BCUT2D eigenvalue weighted by Gasteiger charge is 2.30. The van der Waals surface area contributed by atoms with Crippen LogP contribution in [0.4, 0.5) is 10.1 Å². The lowest BCUT2D eigenvalue weighted by atomic mass is 10.2. The number of hydrogen-bond donors (Lipinski definition) is 0. The van der Waals surface area contributed by atoms with Crippen molar-refractivity contribution in [2.75, 3.05) is 18.0 Å². The molecule has 2 aromatic carbocycles. The Morgan fingerprint density at radius 3 is 2.14 bits per heavy atom. The molecular formula is C18H24FNSi. The van der Waals surface area contributed by atoms with Crippen molar-refractivity contribution in [1.29, 1.82) is 0 Å². The molecule has 0 aliphatic heterocycles. The van der Waals surface area contributed by atoms with Gasteiger partial charge in [-0.3, -0.25) is 0 Å². The van der Waals surface area contributed by atoms with Crippen LogP contribution in [0.3, 0.4) is 0 Å². The van der Waals surface area contributed by atoms with Gasteiger partial charge >= 0.3 is 0 Å². The predicted molar refractivity (Wildman–Crippen MR) is 93.2 cm³/mol. The van der Waals surface area contributed by atoms with Crippen LogP contribution in [0.15, 0.2) is 48.5 Å². The van der Waals surface area contributed by atoms with Crippen molar-refractivity contribution in [3.05, 3.63) is 54.3 Å². The Hall–Kier alpha value is -1.61. The molecule has 0 aromatic heterocycles. The SMILES string of the molecule is CCN(CC)c1ccc(F)cc1[Si](C)(C)c1ccccc1. The lowest BCUT2D eigenvalue weighted by Gasteiger charge is -2.31. The number of halogens is 1. The molecule has 0 unspecified atom stereocenters. The summed E-state index contributed by atoms with van der Waals surface area (Å²) in [5.41, 5.74) is 1.18. The van der Waals surface area contributed by atoms with E-state index in [0.29, 0.717) is 0 Å². The number of anilines is 1. The molecule has 0 radical (unpaired) electrons. The molecule has 0 spiro atoms. The summed E-state index contributed by atoms with van der Waals surface area (Å²) in [6.45, 7) is 10.8. The van der Waals surface area contributed by atoms with Crippen molar-refractivity contribution >= 4 is 24.1 Å². The quantitative estimate of drug-likeness (QED) is 0.764. The fourth-order valence-corrected chi connectivity index (χ4v) is 5.58. The Labute approximate surface area is 128 Å². The molecular weight excluding hydrogens is 277 g/mol. The summed E-state index contributed by atoms with van der Waals surface area (Å²) in [7, 11) is -1.91. The lowest BCUT2D eigenvalue weighted by Crippen LogP contribution is -2.54. The van der Waals surface area contributed by atoms with E-state index < -0.39 is 8.07 Å². The van der Waals surface area contributed by atoms with Crippen molar-refractivity contribution in [3.63, 3.8) is 0 Å². The Balaban J connectivity index is 2.59. The van der Waals surface area contributed by atoms with E-state index in [1.165, 1.54) is 16.1 Å². The van der Waals surface area contributed by atoms with Gasteiger partial charge < -0.3 is 4.90 Å². The Bertz CT molecular complexity index is 591. The highest BCUT2D eigenvalue weighted by molar-refractivity contribution is 7.01. The zero-order chi connectivity index (χ0) is 15.5. The van der Waals surface area contributed by atoms with Crippen LogP contribution in [-0.4, -0.2) is 21.2 Å². The standard InChI is InChI=1S/C18H24FNSi/c1-5-20(6-2)17-13-12-15(19)14-18(17)21(3,4)16-10-8-7-9-11-16/h7-14H,5-6H2,1-4H3. The average Bonchev–Trinajstić information content (AvgIpc) is 2.50. The van der Waals surface area contributed by atoms with Gasteiger partial charge in [-0.2, -0.15) is 0 Å². The molecule has 0 atom stereocenters. The van der Waals surface area contributed by atoms with Gasteiger partial charge in [-0.1, -0.05) is 48.6 Å². The summed E-state index contributed by atoms with van der Waals surface area (Å²) in [6, 6.07) is 15.8. The molecule has 3 heteroatoms. The topological polar surface area (TPSA) is 3.24 Å². The van der Waals surface area contributed by atoms with Crippen LogP contribution >= 0.6 is 0 Å². The summed E-state index contributed by atoms with van der Waals surface area (Å²) in [6.07, 6.45) is 0. The summed E-state index contributed by atoms with van der Waals surface area (Å²) >= 11 is 0. The highest BCUT2D eigenvalue weighted by Crippen LogP contribution is 2.18. The minimum Gasteiger partial charge on any atom is -0.372 e. The molecule has 2 rings (SSSR count). The van der Waals surface area contributed by atoms with E-state index in [2.05, 4.69) is 56.1 Å². The van der Waals surface area contributed by atoms with Crippen LogP contribution < -0.4 is 15.3 Å².